The lowest BCUT2D eigenvalue weighted by Gasteiger charge is -2.29. The van der Waals surface area contributed by atoms with Crippen LogP contribution in [0.2, 0.25) is 0 Å². The Labute approximate surface area is 243 Å². The number of aryl methyl sites for hydroxylation is 1. The second kappa shape index (κ2) is 11.8. The zero-order chi connectivity index (χ0) is 29.1. The maximum atomic E-state index is 13.0. The number of aromatic amines is 1. The number of piperidine rings is 1. The van der Waals surface area contributed by atoms with Crippen molar-refractivity contribution in [1.82, 2.24) is 25.7 Å². The maximum Gasteiger partial charge on any atom is 0.255 e. The summed E-state index contributed by atoms with van der Waals surface area (Å²) in [5.74, 6) is -0.976. The topological polar surface area (TPSA) is 124 Å². The first-order chi connectivity index (χ1) is 20.5. The number of unbranched alkanes of at least 4 members (excludes halogenated alkanes) is 1. The average Bonchev–Trinajstić information content (AvgIpc) is 3.57. The fraction of sp³-hybridized carbons (Fsp3) is 0.242. The third-order valence-corrected chi connectivity index (χ3v) is 7.94. The Balaban J connectivity index is 0.978. The minimum atomic E-state index is -0.618. The fourth-order valence-corrected chi connectivity index (χ4v) is 5.66. The standard InChI is InChI=1S/C33H31N5O4/c39-30-18-17-29(32(41)35-30)38-20-26-22(7-5-9-24(26)33(38)42)6-3-4-19-34-31(40)23-14-11-21(12-15-23)13-16-28-25-8-1-2-10-27(25)36-37-28/h1-2,5,7-16,29H,3-4,6,17-20H2,(H,34,40)(H,36,37)(H,35,39,41)/b16-13+. The largest absolute Gasteiger partial charge is 0.352 e. The Hall–Kier alpha value is -5.05. The number of imide groups is 1. The van der Waals surface area contributed by atoms with Crippen LogP contribution in [-0.4, -0.2) is 51.3 Å². The van der Waals surface area contributed by atoms with Crippen molar-refractivity contribution < 1.29 is 19.2 Å². The number of benzene rings is 3. The summed E-state index contributed by atoms with van der Waals surface area (Å²) in [5.41, 5.74) is 6.09. The molecule has 0 bridgehead atoms. The zero-order valence-corrected chi connectivity index (χ0v) is 23.1. The monoisotopic (exact) mass is 561 g/mol. The van der Waals surface area contributed by atoms with E-state index in [1.54, 1.807) is 11.0 Å². The van der Waals surface area contributed by atoms with E-state index in [0.29, 0.717) is 30.6 Å². The molecule has 1 aromatic heterocycles. The third-order valence-electron chi connectivity index (χ3n) is 7.94. The summed E-state index contributed by atoms with van der Waals surface area (Å²) in [6.07, 6.45) is 6.91. The molecule has 42 heavy (non-hydrogen) atoms. The van der Waals surface area contributed by atoms with Gasteiger partial charge in [-0.05, 0) is 72.7 Å². The third kappa shape index (κ3) is 5.58. The van der Waals surface area contributed by atoms with Crippen LogP contribution in [0, 0.1) is 0 Å². The first kappa shape index (κ1) is 27.1. The highest BCUT2D eigenvalue weighted by Gasteiger charge is 2.39. The maximum absolute atomic E-state index is 13.0. The number of hydrogen-bond donors (Lipinski definition) is 3. The van der Waals surface area contributed by atoms with Gasteiger partial charge in [0.15, 0.2) is 0 Å². The van der Waals surface area contributed by atoms with Crippen molar-refractivity contribution in [1.29, 1.82) is 0 Å². The van der Waals surface area contributed by atoms with Gasteiger partial charge >= 0.3 is 0 Å². The van der Waals surface area contributed by atoms with Crippen molar-refractivity contribution in [2.45, 2.75) is 44.7 Å². The normalized spacial score (nSPS) is 16.7. The van der Waals surface area contributed by atoms with Crippen molar-refractivity contribution >= 4 is 46.7 Å². The van der Waals surface area contributed by atoms with Crippen molar-refractivity contribution in [3.63, 3.8) is 0 Å². The number of H-pyrrole nitrogens is 1. The minimum absolute atomic E-state index is 0.116. The second-order valence-electron chi connectivity index (χ2n) is 10.7. The van der Waals surface area contributed by atoms with E-state index < -0.39 is 11.9 Å². The van der Waals surface area contributed by atoms with Crippen LogP contribution in [0.3, 0.4) is 0 Å². The van der Waals surface area contributed by atoms with E-state index in [9.17, 15) is 19.2 Å². The molecule has 1 fully saturated rings. The predicted molar refractivity (Wildman–Crippen MR) is 159 cm³/mol. The molecule has 1 unspecified atom stereocenters. The molecular weight excluding hydrogens is 530 g/mol. The number of rotatable bonds is 9. The molecule has 3 heterocycles. The zero-order valence-electron chi connectivity index (χ0n) is 23.1. The van der Waals surface area contributed by atoms with Crippen LogP contribution in [0.15, 0.2) is 66.7 Å². The number of carbonyl (C=O) groups is 4. The quantitative estimate of drug-likeness (QED) is 0.208. The molecule has 6 rings (SSSR count). The molecule has 2 aliphatic rings. The molecule has 1 atom stereocenters. The van der Waals surface area contributed by atoms with E-state index in [-0.39, 0.29) is 24.1 Å². The number of carbonyl (C=O) groups excluding carboxylic acids is 4. The molecule has 2 aliphatic heterocycles. The Bertz CT molecular complexity index is 1710. The fourth-order valence-electron chi connectivity index (χ4n) is 5.66. The van der Waals surface area contributed by atoms with Gasteiger partial charge in [0.2, 0.25) is 11.8 Å². The van der Waals surface area contributed by atoms with Gasteiger partial charge in [0.25, 0.3) is 11.8 Å². The number of amides is 4. The van der Waals surface area contributed by atoms with Crippen LogP contribution in [0.25, 0.3) is 23.1 Å². The molecule has 9 heteroatoms. The van der Waals surface area contributed by atoms with Crippen molar-refractivity contribution in [3.05, 3.63) is 100 Å². The highest BCUT2D eigenvalue weighted by atomic mass is 16.2. The first-order valence-corrected chi connectivity index (χ1v) is 14.2. The Morgan fingerprint density at radius 2 is 1.81 bits per heavy atom. The number of nitrogens with one attached hydrogen (secondary N) is 3. The van der Waals surface area contributed by atoms with Gasteiger partial charge in [0.1, 0.15) is 6.04 Å². The molecular formula is C33H31N5O4. The molecule has 4 amide bonds. The minimum Gasteiger partial charge on any atom is -0.352 e. The van der Waals surface area contributed by atoms with E-state index >= 15 is 0 Å². The molecule has 0 spiro atoms. The highest BCUT2D eigenvalue weighted by Crippen LogP contribution is 2.30. The Morgan fingerprint density at radius 3 is 2.64 bits per heavy atom. The molecule has 0 aliphatic carbocycles. The van der Waals surface area contributed by atoms with Crippen molar-refractivity contribution in [2.75, 3.05) is 6.54 Å². The van der Waals surface area contributed by atoms with E-state index in [2.05, 4.69) is 20.8 Å². The summed E-state index contributed by atoms with van der Waals surface area (Å²) in [4.78, 5) is 51.1. The van der Waals surface area contributed by atoms with Gasteiger partial charge in [-0.2, -0.15) is 5.10 Å². The molecule has 3 N–H and O–H groups in total. The lowest BCUT2D eigenvalue weighted by molar-refractivity contribution is -0.136. The summed E-state index contributed by atoms with van der Waals surface area (Å²) >= 11 is 0. The van der Waals surface area contributed by atoms with Crippen molar-refractivity contribution in [2.24, 2.45) is 0 Å². The van der Waals surface area contributed by atoms with Crippen LogP contribution in [0.5, 0.6) is 0 Å². The SMILES string of the molecule is O=C1CCC(N2Cc3c(CCCCNC(=O)c4ccc(/C=C/c5n[nH]c6ccccc56)cc4)cccc3C2=O)C(=O)N1. The number of hydrogen-bond acceptors (Lipinski definition) is 5. The number of para-hydroxylation sites is 1. The molecule has 3 aromatic carbocycles. The van der Waals surface area contributed by atoms with Crippen LogP contribution in [0.1, 0.15) is 68.8 Å². The second-order valence-corrected chi connectivity index (χ2v) is 10.7. The number of aromatic nitrogens is 2. The molecule has 212 valence electrons. The van der Waals surface area contributed by atoms with Crippen molar-refractivity contribution in [3.8, 4) is 0 Å². The predicted octanol–water partition coefficient (Wildman–Crippen LogP) is 4.25. The number of fused-ring (bicyclic) bond motifs is 2. The smallest absolute Gasteiger partial charge is 0.255 e. The van der Waals surface area contributed by atoms with Gasteiger partial charge in [0, 0.05) is 36.0 Å². The lowest BCUT2D eigenvalue weighted by atomic mass is 9.99. The summed E-state index contributed by atoms with van der Waals surface area (Å²) in [6.45, 7) is 0.917. The summed E-state index contributed by atoms with van der Waals surface area (Å²) in [7, 11) is 0. The van der Waals surface area contributed by atoms with E-state index in [1.165, 1.54) is 0 Å². The van der Waals surface area contributed by atoms with Crippen LogP contribution < -0.4 is 10.6 Å². The van der Waals surface area contributed by atoms with E-state index in [0.717, 1.165) is 52.5 Å². The Kier molecular flexibility index (Phi) is 7.64. The van der Waals surface area contributed by atoms with Gasteiger partial charge < -0.3 is 10.2 Å². The summed E-state index contributed by atoms with van der Waals surface area (Å²) in [5, 5.41) is 13.8. The first-order valence-electron chi connectivity index (χ1n) is 14.2. The molecule has 9 nitrogen and oxygen atoms in total. The van der Waals surface area contributed by atoms with Crippen LogP contribution in [0.4, 0.5) is 0 Å². The summed E-state index contributed by atoms with van der Waals surface area (Å²) in [6, 6.07) is 20.5. The summed E-state index contributed by atoms with van der Waals surface area (Å²) < 4.78 is 0. The number of nitrogens with zero attached hydrogens (tertiary/aromatic N) is 2. The van der Waals surface area contributed by atoms with Gasteiger partial charge in [0.05, 0.1) is 11.2 Å². The lowest BCUT2D eigenvalue weighted by Crippen LogP contribution is -2.52. The van der Waals surface area contributed by atoms with Gasteiger partial charge in [-0.25, -0.2) is 0 Å². The van der Waals surface area contributed by atoms with Gasteiger partial charge in [-0.15, -0.1) is 0 Å². The molecule has 0 saturated carbocycles. The van der Waals surface area contributed by atoms with Crippen LogP contribution in [-0.2, 0) is 22.6 Å². The van der Waals surface area contributed by atoms with Gasteiger partial charge in [-0.1, -0.05) is 48.5 Å². The average molecular weight is 562 g/mol. The van der Waals surface area contributed by atoms with Gasteiger partial charge in [-0.3, -0.25) is 29.6 Å². The Morgan fingerprint density at radius 1 is 0.976 bits per heavy atom. The van der Waals surface area contributed by atoms with Crippen LogP contribution >= 0.6 is 0 Å². The highest BCUT2D eigenvalue weighted by molar-refractivity contribution is 6.05. The molecule has 1 saturated heterocycles. The van der Waals surface area contributed by atoms with E-state index in [4.69, 9.17) is 0 Å². The molecule has 4 aromatic rings. The molecule has 0 radical (unpaired) electrons. The van der Waals surface area contributed by atoms with E-state index in [1.807, 2.05) is 72.8 Å².